The molecule has 0 spiro atoms. The Morgan fingerprint density at radius 3 is 2.39 bits per heavy atom. The number of aryl methyl sites for hydroxylation is 1. The molecule has 1 aliphatic rings. The van der Waals surface area contributed by atoms with Crippen molar-refractivity contribution in [2.75, 3.05) is 18.8 Å². The smallest absolute Gasteiger partial charge is 0.254 e. The van der Waals surface area contributed by atoms with Crippen molar-refractivity contribution in [2.24, 2.45) is 0 Å². The van der Waals surface area contributed by atoms with Crippen LogP contribution in [0.2, 0.25) is 0 Å². The highest BCUT2D eigenvalue weighted by Crippen LogP contribution is 2.29. The maximum absolute atomic E-state index is 12.5. The van der Waals surface area contributed by atoms with Crippen molar-refractivity contribution in [3.63, 3.8) is 0 Å². The number of nitrogens with two attached hydrogens (primary N) is 1. The molecule has 2 atom stereocenters. The fourth-order valence-corrected chi connectivity index (χ4v) is 5.11. The number of hydrogen-bond acceptors (Lipinski definition) is 6. The maximum Gasteiger partial charge on any atom is 0.254 e. The number of ether oxygens (including phenoxy) is 1. The standard InChI is InChI=1S/C10H17N3O3S2/c1-6-4-13(5-7(2)16-6)18(14,15)9-8(3)12-10(11)17-9/h6-7H,4-5H2,1-3H3,(H2,11,12)/t6-,7+. The van der Waals surface area contributed by atoms with E-state index in [1.165, 1.54) is 4.31 Å². The van der Waals surface area contributed by atoms with E-state index in [4.69, 9.17) is 10.5 Å². The third kappa shape index (κ3) is 2.51. The zero-order chi connectivity index (χ0) is 13.5. The molecule has 0 unspecified atom stereocenters. The Bertz CT molecular complexity index is 531. The molecular formula is C10H17N3O3S2. The number of sulfonamides is 1. The Balaban J connectivity index is 2.34. The molecule has 0 aromatic carbocycles. The van der Waals surface area contributed by atoms with Gasteiger partial charge in [-0.05, 0) is 20.8 Å². The number of thiazole rings is 1. The first-order chi connectivity index (χ1) is 8.30. The molecule has 2 heterocycles. The number of rotatable bonds is 2. The fourth-order valence-electron chi connectivity index (χ4n) is 2.09. The molecule has 0 amide bonds. The van der Waals surface area contributed by atoms with Crippen molar-refractivity contribution in [1.82, 2.24) is 9.29 Å². The lowest BCUT2D eigenvalue weighted by molar-refractivity contribution is -0.0440. The summed E-state index contributed by atoms with van der Waals surface area (Å²) in [5, 5.41) is 0.278. The maximum atomic E-state index is 12.5. The van der Waals surface area contributed by atoms with E-state index in [0.29, 0.717) is 18.8 Å². The molecule has 0 saturated carbocycles. The molecule has 1 aromatic rings. The average molecular weight is 291 g/mol. The summed E-state index contributed by atoms with van der Waals surface area (Å²) in [4.78, 5) is 3.97. The second-order valence-electron chi connectivity index (χ2n) is 4.50. The summed E-state index contributed by atoms with van der Waals surface area (Å²) < 4.78 is 32.2. The van der Waals surface area contributed by atoms with Crippen LogP contribution >= 0.6 is 11.3 Å². The number of morpholine rings is 1. The summed E-state index contributed by atoms with van der Waals surface area (Å²) in [5.74, 6) is 0. The predicted molar refractivity (Wildman–Crippen MR) is 70.0 cm³/mol. The number of nitrogens with zero attached hydrogens (tertiary/aromatic N) is 2. The van der Waals surface area contributed by atoms with E-state index < -0.39 is 10.0 Å². The summed E-state index contributed by atoms with van der Waals surface area (Å²) in [6, 6.07) is 0. The molecule has 0 aliphatic carbocycles. The lowest BCUT2D eigenvalue weighted by atomic mass is 10.3. The number of aromatic nitrogens is 1. The van der Waals surface area contributed by atoms with E-state index in [1.54, 1.807) is 6.92 Å². The van der Waals surface area contributed by atoms with Gasteiger partial charge in [-0.3, -0.25) is 0 Å². The topological polar surface area (TPSA) is 85.5 Å². The SMILES string of the molecule is Cc1nc(N)sc1S(=O)(=O)N1C[C@@H](C)O[C@@H](C)C1. The number of nitrogen functional groups attached to an aromatic ring is 1. The van der Waals surface area contributed by atoms with Gasteiger partial charge in [-0.15, -0.1) is 0 Å². The van der Waals surface area contributed by atoms with Crippen molar-refractivity contribution in [2.45, 2.75) is 37.2 Å². The van der Waals surface area contributed by atoms with E-state index in [2.05, 4.69) is 4.98 Å². The van der Waals surface area contributed by atoms with Crippen LogP contribution in [0.15, 0.2) is 4.21 Å². The van der Waals surface area contributed by atoms with Gasteiger partial charge in [0.15, 0.2) is 9.34 Å². The highest BCUT2D eigenvalue weighted by molar-refractivity contribution is 7.91. The van der Waals surface area contributed by atoms with E-state index in [0.717, 1.165) is 11.3 Å². The van der Waals surface area contributed by atoms with Crippen LogP contribution in [0, 0.1) is 6.92 Å². The van der Waals surface area contributed by atoms with Gasteiger partial charge >= 0.3 is 0 Å². The summed E-state index contributed by atoms with van der Waals surface area (Å²) in [6.07, 6.45) is -0.205. The van der Waals surface area contributed by atoms with Crippen LogP contribution in [0.4, 0.5) is 5.13 Å². The minimum absolute atomic E-state index is 0.103. The van der Waals surface area contributed by atoms with E-state index in [-0.39, 0.29) is 21.5 Å². The first-order valence-electron chi connectivity index (χ1n) is 5.69. The molecule has 1 saturated heterocycles. The highest BCUT2D eigenvalue weighted by atomic mass is 32.2. The van der Waals surface area contributed by atoms with Crippen LogP contribution in [0.3, 0.4) is 0 Å². The van der Waals surface area contributed by atoms with Gasteiger partial charge in [0.1, 0.15) is 0 Å². The van der Waals surface area contributed by atoms with Gasteiger partial charge in [-0.1, -0.05) is 11.3 Å². The van der Waals surface area contributed by atoms with Gasteiger partial charge in [0, 0.05) is 13.1 Å². The molecule has 102 valence electrons. The van der Waals surface area contributed by atoms with Crippen molar-refractivity contribution in [3.8, 4) is 0 Å². The largest absolute Gasteiger partial charge is 0.375 e. The summed E-state index contributed by atoms with van der Waals surface area (Å²) in [5.41, 5.74) is 6.02. The fraction of sp³-hybridized carbons (Fsp3) is 0.700. The Morgan fingerprint density at radius 1 is 1.39 bits per heavy atom. The lowest BCUT2D eigenvalue weighted by Crippen LogP contribution is -2.48. The lowest BCUT2D eigenvalue weighted by Gasteiger charge is -2.34. The van der Waals surface area contributed by atoms with Gasteiger partial charge in [0.2, 0.25) is 0 Å². The first kappa shape index (κ1) is 13.7. The highest BCUT2D eigenvalue weighted by Gasteiger charge is 2.34. The number of anilines is 1. The molecule has 1 aromatic heterocycles. The van der Waals surface area contributed by atoms with Crippen LogP contribution in [0.1, 0.15) is 19.5 Å². The quantitative estimate of drug-likeness (QED) is 0.872. The van der Waals surface area contributed by atoms with Crippen molar-refractivity contribution < 1.29 is 13.2 Å². The molecule has 2 rings (SSSR count). The molecule has 1 aliphatic heterocycles. The second kappa shape index (κ2) is 4.76. The monoisotopic (exact) mass is 291 g/mol. The zero-order valence-electron chi connectivity index (χ0n) is 10.6. The third-order valence-corrected chi connectivity index (χ3v) is 6.14. The normalized spacial score (nSPS) is 26.4. The Morgan fingerprint density at radius 2 is 1.94 bits per heavy atom. The predicted octanol–water partition coefficient (Wildman–Crippen LogP) is 0.832. The molecule has 0 bridgehead atoms. The minimum atomic E-state index is -3.51. The Kier molecular flexibility index (Phi) is 3.63. The van der Waals surface area contributed by atoms with Crippen LogP contribution in [-0.2, 0) is 14.8 Å². The van der Waals surface area contributed by atoms with Crippen LogP contribution in [-0.4, -0.2) is 43.0 Å². The molecule has 2 N–H and O–H groups in total. The Hall–Kier alpha value is -0.700. The first-order valence-corrected chi connectivity index (χ1v) is 7.95. The molecule has 0 radical (unpaired) electrons. The van der Waals surface area contributed by atoms with Crippen LogP contribution in [0.25, 0.3) is 0 Å². The molecule has 6 nitrogen and oxygen atoms in total. The minimum Gasteiger partial charge on any atom is -0.375 e. The zero-order valence-corrected chi connectivity index (χ0v) is 12.2. The van der Waals surface area contributed by atoms with Gasteiger partial charge in [-0.25, -0.2) is 13.4 Å². The van der Waals surface area contributed by atoms with E-state index in [1.807, 2.05) is 13.8 Å². The second-order valence-corrected chi connectivity index (χ2v) is 7.67. The van der Waals surface area contributed by atoms with E-state index in [9.17, 15) is 8.42 Å². The van der Waals surface area contributed by atoms with Crippen molar-refractivity contribution >= 4 is 26.5 Å². The average Bonchev–Trinajstić information content (AvgIpc) is 2.57. The Labute approximate surface area is 111 Å². The molecule has 8 heteroatoms. The molecule has 18 heavy (non-hydrogen) atoms. The van der Waals surface area contributed by atoms with Gasteiger partial charge < -0.3 is 10.5 Å². The van der Waals surface area contributed by atoms with Gasteiger partial charge in [-0.2, -0.15) is 4.31 Å². The van der Waals surface area contributed by atoms with Gasteiger partial charge in [0.25, 0.3) is 10.0 Å². The van der Waals surface area contributed by atoms with Crippen LogP contribution < -0.4 is 5.73 Å². The van der Waals surface area contributed by atoms with Crippen molar-refractivity contribution in [1.29, 1.82) is 0 Å². The van der Waals surface area contributed by atoms with Crippen molar-refractivity contribution in [3.05, 3.63) is 5.69 Å². The third-order valence-electron chi connectivity index (χ3n) is 2.73. The molecule has 1 fully saturated rings. The molecular weight excluding hydrogens is 274 g/mol. The van der Waals surface area contributed by atoms with E-state index >= 15 is 0 Å². The summed E-state index contributed by atoms with van der Waals surface area (Å²) in [7, 11) is -3.51. The van der Waals surface area contributed by atoms with Crippen LogP contribution in [0.5, 0.6) is 0 Å². The number of hydrogen-bond donors (Lipinski definition) is 1. The summed E-state index contributed by atoms with van der Waals surface area (Å²) >= 11 is 1.01. The van der Waals surface area contributed by atoms with Gasteiger partial charge in [0.05, 0.1) is 17.9 Å². The summed E-state index contributed by atoms with van der Waals surface area (Å²) in [6.45, 7) is 6.12.